The van der Waals surface area contributed by atoms with Crippen molar-refractivity contribution in [1.82, 2.24) is 4.98 Å². The highest BCUT2D eigenvalue weighted by Gasteiger charge is 2.10. The Kier molecular flexibility index (Phi) is 4.37. The third-order valence-electron chi connectivity index (χ3n) is 2.56. The van der Waals surface area contributed by atoms with Gasteiger partial charge in [-0.15, -0.1) is 22.9 Å². The molecule has 1 unspecified atom stereocenters. The third kappa shape index (κ3) is 3.32. The molecule has 0 aliphatic carbocycles. The van der Waals surface area contributed by atoms with Crippen molar-refractivity contribution in [2.45, 2.75) is 12.8 Å². The lowest BCUT2D eigenvalue weighted by molar-refractivity contribution is 0.588. The van der Waals surface area contributed by atoms with Gasteiger partial charge in [-0.2, -0.15) is 0 Å². The third-order valence-corrected chi connectivity index (χ3v) is 3.80. The van der Waals surface area contributed by atoms with Gasteiger partial charge >= 0.3 is 0 Å². The van der Waals surface area contributed by atoms with Crippen LogP contribution >= 0.6 is 22.9 Å². The first-order chi connectivity index (χ1) is 7.88. The molecular weight excluding hydrogens is 238 g/mol. The molecule has 0 saturated heterocycles. The normalized spacial score (nSPS) is 12.6. The molecule has 0 N–H and O–H groups in total. The van der Waals surface area contributed by atoms with Gasteiger partial charge < -0.3 is 0 Å². The van der Waals surface area contributed by atoms with E-state index in [1.807, 2.05) is 17.8 Å². The van der Waals surface area contributed by atoms with Gasteiger partial charge in [0.15, 0.2) is 0 Å². The quantitative estimate of drug-likeness (QED) is 0.737. The largest absolute Gasteiger partial charge is 0.253 e. The van der Waals surface area contributed by atoms with Crippen LogP contribution in [0.25, 0.3) is 0 Å². The monoisotopic (exact) mass is 251 g/mol. The predicted molar refractivity (Wildman–Crippen MR) is 70.2 cm³/mol. The molecule has 1 aromatic heterocycles. The highest BCUT2D eigenvalue weighted by atomic mass is 35.5. The van der Waals surface area contributed by atoms with Crippen molar-refractivity contribution in [1.29, 1.82) is 0 Å². The number of nitrogens with zero attached hydrogens (tertiary/aromatic N) is 1. The number of halogens is 1. The molecule has 3 heteroatoms. The molecule has 2 rings (SSSR count). The van der Waals surface area contributed by atoms with E-state index in [1.54, 1.807) is 11.3 Å². The summed E-state index contributed by atoms with van der Waals surface area (Å²) < 4.78 is 0. The standard InChI is InChI=1S/C13H14ClNS/c14-8-12(7-13-9-15-10-16-13)6-11-4-2-1-3-5-11/h1-5,9-10,12H,6-8H2. The van der Waals surface area contributed by atoms with E-state index in [2.05, 4.69) is 29.2 Å². The summed E-state index contributed by atoms with van der Waals surface area (Å²) in [5.41, 5.74) is 3.24. The molecule has 1 atom stereocenters. The van der Waals surface area contributed by atoms with Crippen LogP contribution in [0.1, 0.15) is 10.4 Å². The van der Waals surface area contributed by atoms with Gasteiger partial charge in [0.1, 0.15) is 0 Å². The summed E-state index contributed by atoms with van der Waals surface area (Å²) in [5, 5.41) is 0. The first-order valence-corrected chi connectivity index (χ1v) is 6.77. The van der Waals surface area contributed by atoms with Gasteiger partial charge in [0.25, 0.3) is 0 Å². The van der Waals surface area contributed by atoms with Crippen molar-refractivity contribution in [2.24, 2.45) is 5.92 Å². The number of aromatic nitrogens is 1. The fourth-order valence-corrected chi connectivity index (χ4v) is 2.69. The average Bonchev–Trinajstić information content (AvgIpc) is 2.82. The molecule has 0 aliphatic rings. The van der Waals surface area contributed by atoms with Crippen molar-refractivity contribution >= 4 is 22.9 Å². The highest BCUT2D eigenvalue weighted by Crippen LogP contribution is 2.18. The summed E-state index contributed by atoms with van der Waals surface area (Å²) in [6.45, 7) is 0. The number of hydrogen-bond donors (Lipinski definition) is 0. The maximum Gasteiger partial charge on any atom is 0.0794 e. The smallest absolute Gasteiger partial charge is 0.0794 e. The van der Waals surface area contributed by atoms with Crippen molar-refractivity contribution in [2.75, 3.05) is 5.88 Å². The second-order valence-electron chi connectivity index (χ2n) is 3.88. The van der Waals surface area contributed by atoms with E-state index in [-0.39, 0.29) is 0 Å². The van der Waals surface area contributed by atoms with Crippen LogP contribution in [0.5, 0.6) is 0 Å². The maximum atomic E-state index is 6.02. The topological polar surface area (TPSA) is 12.9 Å². The summed E-state index contributed by atoms with van der Waals surface area (Å²) >= 11 is 7.73. The second-order valence-corrected chi connectivity index (χ2v) is 5.16. The number of hydrogen-bond acceptors (Lipinski definition) is 2. The van der Waals surface area contributed by atoms with Crippen LogP contribution in [-0.2, 0) is 12.8 Å². The van der Waals surface area contributed by atoms with Gasteiger partial charge in [-0.1, -0.05) is 30.3 Å². The minimum Gasteiger partial charge on any atom is -0.253 e. The van der Waals surface area contributed by atoms with E-state index in [1.165, 1.54) is 10.4 Å². The molecule has 1 heterocycles. The molecule has 0 spiro atoms. The van der Waals surface area contributed by atoms with Gasteiger partial charge in [0.05, 0.1) is 5.51 Å². The van der Waals surface area contributed by atoms with E-state index in [0.29, 0.717) is 11.8 Å². The van der Waals surface area contributed by atoms with E-state index in [9.17, 15) is 0 Å². The molecule has 0 fully saturated rings. The zero-order chi connectivity index (χ0) is 11.2. The van der Waals surface area contributed by atoms with Gasteiger partial charge in [-0.05, 0) is 24.3 Å². The van der Waals surface area contributed by atoms with Crippen LogP contribution in [0.4, 0.5) is 0 Å². The SMILES string of the molecule is ClCC(Cc1ccccc1)Cc1cncs1. The van der Waals surface area contributed by atoms with E-state index in [4.69, 9.17) is 11.6 Å². The summed E-state index contributed by atoms with van der Waals surface area (Å²) in [5.74, 6) is 1.21. The fourth-order valence-electron chi connectivity index (χ4n) is 1.76. The Morgan fingerprint density at radius 1 is 1.19 bits per heavy atom. The molecule has 84 valence electrons. The second kappa shape index (κ2) is 6.02. The van der Waals surface area contributed by atoms with Crippen LogP contribution in [0.3, 0.4) is 0 Å². The van der Waals surface area contributed by atoms with E-state index in [0.717, 1.165) is 12.8 Å². The van der Waals surface area contributed by atoms with Gasteiger partial charge in [-0.25, -0.2) is 0 Å². The summed E-state index contributed by atoms with van der Waals surface area (Å²) in [6, 6.07) is 10.5. The number of benzene rings is 1. The summed E-state index contributed by atoms with van der Waals surface area (Å²) in [4.78, 5) is 5.41. The lowest BCUT2D eigenvalue weighted by Crippen LogP contribution is -2.09. The lowest BCUT2D eigenvalue weighted by atomic mass is 9.97. The molecule has 0 saturated carbocycles. The lowest BCUT2D eigenvalue weighted by Gasteiger charge is -2.12. The maximum absolute atomic E-state index is 6.02. The Bertz CT molecular complexity index is 399. The van der Waals surface area contributed by atoms with E-state index >= 15 is 0 Å². The Hall–Kier alpha value is -0.860. The average molecular weight is 252 g/mol. The Labute approximate surface area is 105 Å². The number of alkyl halides is 1. The van der Waals surface area contributed by atoms with Crippen LogP contribution in [0.15, 0.2) is 42.0 Å². The number of thiazole rings is 1. The van der Waals surface area contributed by atoms with Crippen molar-refractivity contribution in [3.8, 4) is 0 Å². The summed E-state index contributed by atoms with van der Waals surface area (Å²) in [6.07, 6.45) is 4.01. The molecule has 2 aromatic rings. The molecule has 16 heavy (non-hydrogen) atoms. The van der Waals surface area contributed by atoms with Crippen molar-refractivity contribution in [3.63, 3.8) is 0 Å². The minimum absolute atomic E-state index is 0.504. The number of rotatable bonds is 5. The molecule has 0 radical (unpaired) electrons. The molecule has 0 aliphatic heterocycles. The Balaban J connectivity index is 1.96. The summed E-state index contributed by atoms with van der Waals surface area (Å²) in [7, 11) is 0. The molecule has 0 amide bonds. The zero-order valence-electron chi connectivity index (χ0n) is 8.97. The molecule has 1 nitrogen and oxygen atoms in total. The Morgan fingerprint density at radius 2 is 2.00 bits per heavy atom. The van der Waals surface area contributed by atoms with Crippen LogP contribution in [0, 0.1) is 5.92 Å². The van der Waals surface area contributed by atoms with Gasteiger partial charge in [0.2, 0.25) is 0 Å². The van der Waals surface area contributed by atoms with Crippen LogP contribution in [0.2, 0.25) is 0 Å². The first kappa shape index (κ1) is 11.6. The molecule has 1 aromatic carbocycles. The van der Waals surface area contributed by atoms with Gasteiger partial charge in [-0.3, -0.25) is 4.98 Å². The van der Waals surface area contributed by atoms with Gasteiger partial charge in [0, 0.05) is 17.0 Å². The van der Waals surface area contributed by atoms with Crippen molar-refractivity contribution in [3.05, 3.63) is 52.5 Å². The molecule has 0 bridgehead atoms. The Morgan fingerprint density at radius 3 is 2.62 bits per heavy atom. The predicted octanol–water partition coefficient (Wildman–Crippen LogP) is 3.78. The molecular formula is C13H14ClNS. The fraction of sp³-hybridized carbons (Fsp3) is 0.308. The van der Waals surface area contributed by atoms with E-state index < -0.39 is 0 Å². The van der Waals surface area contributed by atoms with Crippen molar-refractivity contribution < 1.29 is 0 Å². The van der Waals surface area contributed by atoms with Crippen LogP contribution in [-0.4, -0.2) is 10.9 Å². The first-order valence-electron chi connectivity index (χ1n) is 5.35. The minimum atomic E-state index is 0.504. The zero-order valence-corrected chi connectivity index (χ0v) is 10.5. The highest BCUT2D eigenvalue weighted by molar-refractivity contribution is 7.09. The van der Waals surface area contributed by atoms with Crippen LogP contribution < -0.4 is 0 Å².